The summed E-state index contributed by atoms with van der Waals surface area (Å²) in [5, 5.41) is 34.9. The molecule has 0 aromatic heterocycles. The van der Waals surface area contributed by atoms with E-state index in [4.69, 9.17) is 21.0 Å². The fraction of sp³-hybridized carbons (Fsp3) is 0.286. The molecule has 0 saturated heterocycles. The van der Waals surface area contributed by atoms with Crippen molar-refractivity contribution < 1.29 is 17.6 Å². The van der Waals surface area contributed by atoms with Gasteiger partial charge in [-0.3, -0.25) is 0 Å². The van der Waals surface area contributed by atoms with Gasteiger partial charge in [-0.25, -0.2) is 17.6 Å². The smallest absolute Gasteiger partial charge is 0.161 e. The van der Waals surface area contributed by atoms with E-state index in [9.17, 15) is 17.6 Å². The van der Waals surface area contributed by atoms with Crippen LogP contribution < -0.4 is 0 Å². The first-order chi connectivity index (χ1) is 10.3. The molecule has 1 rings (SSSR count). The molecule has 8 heteroatoms. The summed E-state index contributed by atoms with van der Waals surface area (Å²) in [6, 6.07) is 5.05. The monoisotopic (exact) mass is 306 g/mol. The number of nitrogens with zero attached hydrogens (tertiary/aromatic N) is 4. The summed E-state index contributed by atoms with van der Waals surface area (Å²) in [7, 11) is 0. The van der Waals surface area contributed by atoms with E-state index in [-0.39, 0.29) is 0 Å². The highest BCUT2D eigenvalue weighted by Crippen LogP contribution is 2.45. The van der Waals surface area contributed by atoms with Crippen molar-refractivity contribution in [2.75, 3.05) is 0 Å². The van der Waals surface area contributed by atoms with Gasteiger partial charge in [0, 0.05) is 11.5 Å². The predicted octanol–water partition coefficient (Wildman–Crippen LogP) is 3.56. The van der Waals surface area contributed by atoms with Crippen LogP contribution >= 0.6 is 0 Å². The first kappa shape index (κ1) is 17.0. The minimum absolute atomic E-state index is 0.922. The summed E-state index contributed by atoms with van der Waals surface area (Å²) in [4.78, 5) is 0. The lowest BCUT2D eigenvalue weighted by Gasteiger charge is -2.12. The van der Waals surface area contributed by atoms with Gasteiger partial charge < -0.3 is 0 Å². The molecule has 0 fully saturated rings. The van der Waals surface area contributed by atoms with Gasteiger partial charge in [0.2, 0.25) is 0 Å². The number of hydrogen-bond acceptors (Lipinski definition) is 4. The van der Waals surface area contributed by atoms with Crippen LogP contribution in [0.5, 0.6) is 0 Å². The summed E-state index contributed by atoms with van der Waals surface area (Å²) in [5.41, 5.74) is -1.87. The fourth-order valence-corrected chi connectivity index (χ4v) is 1.99. The third-order valence-corrected chi connectivity index (χ3v) is 3.14. The third kappa shape index (κ3) is 2.55. The molecule has 0 saturated carbocycles. The van der Waals surface area contributed by atoms with Gasteiger partial charge in [-0.1, -0.05) is 6.92 Å². The van der Waals surface area contributed by atoms with Gasteiger partial charge in [-0.15, -0.1) is 0 Å². The lowest BCUT2D eigenvalue weighted by Crippen LogP contribution is -2.14. The van der Waals surface area contributed by atoms with E-state index in [2.05, 4.69) is 0 Å². The highest BCUT2D eigenvalue weighted by molar-refractivity contribution is 5.52. The van der Waals surface area contributed by atoms with E-state index in [0.29, 0.717) is 0 Å². The van der Waals surface area contributed by atoms with Gasteiger partial charge in [0.1, 0.15) is 41.1 Å². The van der Waals surface area contributed by atoms with Crippen LogP contribution in [0.3, 0.4) is 0 Å². The van der Waals surface area contributed by atoms with E-state index in [1.54, 1.807) is 0 Å². The molecular weight excluding hydrogens is 300 g/mol. The molecule has 4 nitrogen and oxygen atoms in total. The number of hydrogen-bond donors (Lipinski definition) is 0. The van der Waals surface area contributed by atoms with E-state index in [1.807, 2.05) is 0 Å². The van der Waals surface area contributed by atoms with Crippen molar-refractivity contribution >= 4 is 0 Å². The van der Waals surface area contributed by atoms with Crippen molar-refractivity contribution in [3.63, 3.8) is 0 Å². The van der Waals surface area contributed by atoms with E-state index in [0.717, 1.165) is 6.92 Å². The Labute approximate surface area is 123 Å². The maximum Gasteiger partial charge on any atom is 0.161 e. The maximum absolute atomic E-state index is 14.2. The maximum atomic E-state index is 14.2. The molecule has 1 unspecified atom stereocenters. The zero-order valence-electron chi connectivity index (χ0n) is 11.0. The molecule has 2 atom stereocenters. The Morgan fingerprint density at radius 2 is 1.41 bits per heavy atom. The summed E-state index contributed by atoms with van der Waals surface area (Å²) in [6.45, 7) is 0.932. The van der Waals surface area contributed by atoms with Crippen LogP contribution in [0, 0.1) is 63.1 Å². The van der Waals surface area contributed by atoms with Crippen molar-refractivity contribution in [3.8, 4) is 24.3 Å². The Bertz CT molecular complexity index is 735. The topological polar surface area (TPSA) is 95.2 Å². The van der Waals surface area contributed by atoms with Crippen LogP contribution in [0.4, 0.5) is 17.6 Å². The number of nitriles is 4. The van der Waals surface area contributed by atoms with Crippen molar-refractivity contribution in [3.05, 3.63) is 34.5 Å². The van der Waals surface area contributed by atoms with Crippen LogP contribution in [0.15, 0.2) is 34.5 Å². The molecule has 0 aliphatic heterocycles. The van der Waals surface area contributed by atoms with E-state index in [1.165, 1.54) is 24.3 Å². The number of allylic oxidation sites excluding steroid dienone is 6. The molecule has 0 amide bonds. The molecule has 0 N–H and O–H groups in total. The minimum Gasteiger partial charge on any atom is -0.208 e. The van der Waals surface area contributed by atoms with Gasteiger partial charge in [-0.05, 0) is 0 Å². The van der Waals surface area contributed by atoms with Crippen LogP contribution in [-0.4, -0.2) is 0 Å². The van der Waals surface area contributed by atoms with E-state index < -0.39 is 52.2 Å². The molecule has 0 spiro atoms. The Hall–Kier alpha value is -3.10. The highest BCUT2D eigenvalue weighted by atomic mass is 19.2. The Kier molecular flexibility index (Phi) is 5.06. The van der Waals surface area contributed by atoms with Crippen molar-refractivity contribution in [2.45, 2.75) is 6.92 Å². The molecule has 22 heavy (non-hydrogen) atoms. The molecule has 1 aliphatic rings. The molecule has 1 aliphatic carbocycles. The molecule has 0 bridgehead atoms. The number of rotatable bonds is 1. The second-order valence-electron chi connectivity index (χ2n) is 4.31. The first-order valence-electron chi connectivity index (χ1n) is 5.79. The Balaban J connectivity index is 3.84. The van der Waals surface area contributed by atoms with Crippen LogP contribution in [0.25, 0.3) is 0 Å². The molecule has 110 valence electrons. The summed E-state index contributed by atoms with van der Waals surface area (Å²) in [6.07, 6.45) is 0. The number of halogens is 4. The first-order valence-corrected chi connectivity index (χ1v) is 5.79. The van der Waals surface area contributed by atoms with Crippen LogP contribution in [-0.2, 0) is 0 Å². The van der Waals surface area contributed by atoms with Gasteiger partial charge in [0.25, 0.3) is 0 Å². The standard InChI is InChI=1S/C14H6F4N4/c1-6-9(7(2-19)3-20)12(16)14(18)10(8(4-21)5-22)13(17)11(6)15/h6,8,10H,1H3/t6-,10?/m0/s1. The van der Waals surface area contributed by atoms with Gasteiger partial charge in [-0.2, -0.15) is 21.0 Å². The predicted molar refractivity (Wildman–Crippen MR) is 64.1 cm³/mol. The largest absolute Gasteiger partial charge is 0.208 e. The van der Waals surface area contributed by atoms with Crippen molar-refractivity contribution in [1.82, 2.24) is 0 Å². The summed E-state index contributed by atoms with van der Waals surface area (Å²) < 4.78 is 56.3. The second kappa shape index (κ2) is 6.57. The zero-order valence-corrected chi connectivity index (χ0v) is 11.0. The zero-order chi connectivity index (χ0) is 17.0. The Morgan fingerprint density at radius 3 is 1.82 bits per heavy atom. The van der Waals surface area contributed by atoms with Crippen LogP contribution in [0.2, 0.25) is 0 Å². The van der Waals surface area contributed by atoms with Gasteiger partial charge >= 0.3 is 0 Å². The SMILES string of the molecule is C[C@@H]1C(F)=C(F)C(C(C#N)C#N)C(F)=C(F)C1=C(C#N)C#N. The quantitative estimate of drug-likeness (QED) is 0.546. The molecule has 0 aromatic rings. The van der Waals surface area contributed by atoms with E-state index >= 15 is 0 Å². The third-order valence-electron chi connectivity index (χ3n) is 3.14. The summed E-state index contributed by atoms with van der Waals surface area (Å²) in [5.74, 6) is -13.3. The average Bonchev–Trinajstić information content (AvgIpc) is 2.58. The average molecular weight is 306 g/mol. The van der Waals surface area contributed by atoms with Crippen molar-refractivity contribution in [2.24, 2.45) is 17.8 Å². The van der Waals surface area contributed by atoms with Crippen LogP contribution in [0.1, 0.15) is 6.92 Å². The normalized spacial score (nSPS) is 21.6. The molecule has 0 aromatic carbocycles. The molecule has 0 radical (unpaired) electrons. The van der Waals surface area contributed by atoms with Gasteiger partial charge in [0.05, 0.1) is 18.1 Å². The lowest BCUT2D eigenvalue weighted by atomic mass is 9.91. The fourth-order valence-electron chi connectivity index (χ4n) is 1.99. The molecular formula is C14H6F4N4. The molecule has 0 heterocycles. The summed E-state index contributed by atoms with van der Waals surface area (Å²) >= 11 is 0. The minimum atomic E-state index is -2.38. The van der Waals surface area contributed by atoms with Gasteiger partial charge in [0.15, 0.2) is 5.83 Å². The lowest BCUT2D eigenvalue weighted by molar-refractivity contribution is 0.366. The van der Waals surface area contributed by atoms with Crippen molar-refractivity contribution in [1.29, 1.82) is 21.0 Å². The Morgan fingerprint density at radius 1 is 0.909 bits per heavy atom. The second-order valence-corrected chi connectivity index (χ2v) is 4.31. The highest BCUT2D eigenvalue weighted by Gasteiger charge is 2.41.